The summed E-state index contributed by atoms with van der Waals surface area (Å²) in [7, 11) is 1.63. The van der Waals surface area contributed by atoms with Gasteiger partial charge >= 0.3 is 0 Å². The Morgan fingerprint density at radius 2 is 1.86 bits per heavy atom. The fourth-order valence-corrected chi connectivity index (χ4v) is 1.95. The summed E-state index contributed by atoms with van der Waals surface area (Å²) in [6.45, 7) is 6.82. The van der Waals surface area contributed by atoms with Crippen molar-refractivity contribution in [1.29, 1.82) is 0 Å². The third-order valence-corrected chi connectivity index (χ3v) is 3.32. The number of hydrogen-bond donors (Lipinski definition) is 1. The average molecular weight is 306 g/mol. The largest absolute Gasteiger partial charge is 0.497 e. The molecule has 0 saturated carbocycles. The molecule has 22 heavy (non-hydrogen) atoms. The van der Waals surface area contributed by atoms with Crippen molar-refractivity contribution < 1.29 is 14.3 Å². The predicted molar refractivity (Wildman–Crippen MR) is 86.8 cm³/mol. The number of carbonyl (C=O) groups is 2. The molecule has 0 aliphatic heterocycles. The molecule has 0 saturated heterocycles. The summed E-state index contributed by atoms with van der Waals surface area (Å²) < 4.78 is 5.11. The van der Waals surface area contributed by atoms with Crippen LogP contribution in [0, 0.1) is 5.92 Å². The number of carbonyl (C=O) groups excluding carboxylic acids is 2. The Hall–Kier alpha value is -2.04. The highest BCUT2D eigenvalue weighted by atomic mass is 16.5. The average Bonchev–Trinajstić information content (AvgIpc) is 2.49. The molecule has 0 atom stereocenters. The van der Waals surface area contributed by atoms with E-state index >= 15 is 0 Å². The first-order chi connectivity index (χ1) is 10.4. The Kier molecular flexibility index (Phi) is 7.43. The Bertz CT molecular complexity index is 483. The molecule has 1 aromatic rings. The van der Waals surface area contributed by atoms with Gasteiger partial charge in [-0.2, -0.15) is 0 Å². The summed E-state index contributed by atoms with van der Waals surface area (Å²) in [5.74, 6) is 1.00. The van der Waals surface area contributed by atoms with Gasteiger partial charge in [-0.25, -0.2) is 0 Å². The van der Waals surface area contributed by atoms with Crippen LogP contribution >= 0.6 is 0 Å². The molecule has 0 fully saturated rings. The van der Waals surface area contributed by atoms with Gasteiger partial charge in [-0.1, -0.05) is 26.0 Å². The van der Waals surface area contributed by atoms with Gasteiger partial charge < -0.3 is 15.0 Å². The van der Waals surface area contributed by atoms with Gasteiger partial charge in [-0.05, 0) is 30.0 Å². The monoisotopic (exact) mass is 306 g/mol. The maximum Gasteiger partial charge on any atom is 0.239 e. The van der Waals surface area contributed by atoms with E-state index in [4.69, 9.17) is 4.74 Å². The first kappa shape index (κ1) is 18.0. The molecule has 0 spiro atoms. The van der Waals surface area contributed by atoms with Gasteiger partial charge in [-0.15, -0.1) is 0 Å². The zero-order chi connectivity index (χ0) is 16.5. The van der Waals surface area contributed by atoms with Crippen LogP contribution in [0.3, 0.4) is 0 Å². The highest BCUT2D eigenvalue weighted by Crippen LogP contribution is 2.12. The number of rotatable bonds is 8. The van der Waals surface area contributed by atoms with E-state index in [1.165, 1.54) is 6.92 Å². The molecule has 2 amide bonds. The van der Waals surface area contributed by atoms with Gasteiger partial charge in [0, 0.05) is 20.0 Å². The van der Waals surface area contributed by atoms with Crippen molar-refractivity contribution in [3.63, 3.8) is 0 Å². The van der Waals surface area contributed by atoms with Crippen LogP contribution in [-0.2, 0) is 16.0 Å². The number of nitrogens with one attached hydrogen (secondary N) is 1. The van der Waals surface area contributed by atoms with Crippen LogP contribution in [0.5, 0.6) is 5.75 Å². The van der Waals surface area contributed by atoms with E-state index in [2.05, 4.69) is 5.32 Å². The lowest BCUT2D eigenvalue weighted by Gasteiger charge is -2.21. The highest BCUT2D eigenvalue weighted by Gasteiger charge is 2.13. The van der Waals surface area contributed by atoms with Gasteiger partial charge in [0.05, 0.1) is 13.7 Å². The van der Waals surface area contributed by atoms with Crippen LogP contribution < -0.4 is 10.1 Å². The molecule has 5 nitrogen and oxygen atoms in total. The maximum atomic E-state index is 11.8. The van der Waals surface area contributed by atoms with Crippen molar-refractivity contribution in [3.05, 3.63) is 29.8 Å². The minimum absolute atomic E-state index is 0.0896. The van der Waals surface area contributed by atoms with E-state index in [1.54, 1.807) is 12.0 Å². The Morgan fingerprint density at radius 3 is 2.36 bits per heavy atom. The summed E-state index contributed by atoms with van der Waals surface area (Å²) in [6, 6.07) is 7.72. The SMILES string of the molecule is COc1ccc(CCN(CC(=O)NCC(C)C)C(C)=O)cc1. The number of ether oxygens (including phenoxy) is 1. The van der Waals surface area contributed by atoms with E-state index in [9.17, 15) is 9.59 Å². The quantitative estimate of drug-likeness (QED) is 0.797. The minimum atomic E-state index is -0.112. The standard InChI is InChI=1S/C17H26N2O3/c1-13(2)11-18-17(21)12-19(14(3)20)10-9-15-5-7-16(22-4)8-6-15/h5-8,13H,9-12H2,1-4H3,(H,18,21). The number of nitrogens with zero attached hydrogens (tertiary/aromatic N) is 1. The minimum Gasteiger partial charge on any atom is -0.497 e. The zero-order valence-electron chi connectivity index (χ0n) is 13.9. The molecule has 0 aliphatic carbocycles. The Balaban J connectivity index is 2.49. The van der Waals surface area contributed by atoms with E-state index in [0.29, 0.717) is 25.4 Å². The molecule has 0 bridgehead atoms. The second-order valence-corrected chi connectivity index (χ2v) is 5.74. The molecular formula is C17H26N2O3. The van der Waals surface area contributed by atoms with Crippen LogP contribution in [0.4, 0.5) is 0 Å². The van der Waals surface area contributed by atoms with Crippen molar-refractivity contribution in [2.24, 2.45) is 5.92 Å². The topological polar surface area (TPSA) is 58.6 Å². The van der Waals surface area contributed by atoms with Crippen molar-refractivity contribution in [3.8, 4) is 5.75 Å². The number of benzene rings is 1. The Morgan fingerprint density at radius 1 is 1.23 bits per heavy atom. The van der Waals surface area contributed by atoms with Crippen molar-refractivity contribution >= 4 is 11.8 Å². The Labute approximate surface area is 132 Å². The third-order valence-electron chi connectivity index (χ3n) is 3.32. The molecule has 0 aliphatic rings. The van der Waals surface area contributed by atoms with E-state index in [1.807, 2.05) is 38.1 Å². The molecule has 0 aromatic heterocycles. The van der Waals surface area contributed by atoms with E-state index in [-0.39, 0.29) is 18.4 Å². The first-order valence-electron chi connectivity index (χ1n) is 7.57. The van der Waals surface area contributed by atoms with Crippen molar-refractivity contribution in [1.82, 2.24) is 10.2 Å². The van der Waals surface area contributed by atoms with Gasteiger partial charge in [-0.3, -0.25) is 9.59 Å². The summed E-state index contributed by atoms with van der Waals surface area (Å²) >= 11 is 0. The molecule has 5 heteroatoms. The molecule has 122 valence electrons. The lowest BCUT2D eigenvalue weighted by molar-refractivity contribution is -0.134. The molecule has 0 unspecified atom stereocenters. The summed E-state index contributed by atoms with van der Waals surface area (Å²) in [6.07, 6.45) is 0.709. The number of methoxy groups -OCH3 is 1. The molecule has 1 aromatic carbocycles. The zero-order valence-corrected chi connectivity index (χ0v) is 13.9. The molecule has 1 N–H and O–H groups in total. The first-order valence-corrected chi connectivity index (χ1v) is 7.57. The van der Waals surface area contributed by atoms with Gasteiger partial charge in [0.2, 0.25) is 11.8 Å². The van der Waals surface area contributed by atoms with Crippen LogP contribution in [0.2, 0.25) is 0 Å². The fourth-order valence-electron chi connectivity index (χ4n) is 1.95. The number of amides is 2. The van der Waals surface area contributed by atoms with Gasteiger partial charge in [0.25, 0.3) is 0 Å². The van der Waals surface area contributed by atoms with Crippen molar-refractivity contribution in [2.45, 2.75) is 27.2 Å². The van der Waals surface area contributed by atoms with Crippen LogP contribution in [-0.4, -0.2) is 43.5 Å². The normalized spacial score (nSPS) is 10.4. The van der Waals surface area contributed by atoms with Crippen LogP contribution in [0.1, 0.15) is 26.3 Å². The lowest BCUT2D eigenvalue weighted by Crippen LogP contribution is -2.41. The van der Waals surface area contributed by atoms with Crippen molar-refractivity contribution in [2.75, 3.05) is 26.7 Å². The lowest BCUT2D eigenvalue weighted by atomic mass is 10.1. The highest BCUT2D eigenvalue weighted by molar-refractivity contribution is 5.83. The smallest absolute Gasteiger partial charge is 0.239 e. The molecule has 0 heterocycles. The summed E-state index contributed by atoms with van der Waals surface area (Å²) in [5.41, 5.74) is 1.11. The van der Waals surface area contributed by atoms with E-state index in [0.717, 1.165) is 11.3 Å². The van der Waals surface area contributed by atoms with Crippen LogP contribution in [0.25, 0.3) is 0 Å². The second-order valence-electron chi connectivity index (χ2n) is 5.74. The second kappa shape index (κ2) is 9.07. The van der Waals surface area contributed by atoms with Gasteiger partial charge in [0.15, 0.2) is 0 Å². The molecular weight excluding hydrogens is 280 g/mol. The summed E-state index contributed by atoms with van der Waals surface area (Å²) in [5, 5.41) is 2.83. The van der Waals surface area contributed by atoms with E-state index < -0.39 is 0 Å². The van der Waals surface area contributed by atoms with Crippen LogP contribution in [0.15, 0.2) is 24.3 Å². The fraction of sp³-hybridized carbons (Fsp3) is 0.529. The molecule has 1 rings (SSSR count). The third kappa shape index (κ3) is 6.61. The predicted octanol–water partition coefficient (Wildman–Crippen LogP) is 1.86. The molecule has 0 radical (unpaired) electrons. The van der Waals surface area contributed by atoms with Gasteiger partial charge in [0.1, 0.15) is 5.75 Å². The number of hydrogen-bond acceptors (Lipinski definition) is 3. The summed E-state index contributed by atoms with van der Waals surface area (Å²) in [4.78, 5) is 25.1. The maximum absolute atomic E-state index is 11.8.